The second-order valence-corrected chi connectivity index (χ2v) is 9.31. The highest BCUT2D eigenvalue weighted by Crippen LogP contribution is 2.24. The van der Waals surface area contributed by atoms with Crippen LogP contribution in [0.3, 0.4) is 0 Å². The van der Waals surface area contributed by atoms with Gasteiger partial charge in [0.2, 0.25) is 5.91 Å². The summed E-state index contributed by atoms with van der Waals surface area (Å²) in [6.07, 6.45) is 3.78. The predicted octanol–water partition coefficient (Wildman–Crippen LogP) is 4.31. The molecule has 32 heavy (non-hydrogen) atoms. The second kappa shape index (κ2) is 10.8. The normalized spacial score (nSPS) is 14.4. The SMILES string of the molecule is Cc1ccccc1CN(C)C(=O)CSc1nnc(CN2CCCCC2)n1-c1ccccc1. The van der Waals surface area contributed by atoms with Gasteiger partial charge in [0.15, 0.2) is 11.0 Å². The third-order valence-electron chi connectivity index (χ3n) is 5.95. The van der Waals surface area contributed by atoms with Gasteiger partial charge in [-0.2, -0.15) is 0 Å². The topological polar surface area (TPSA) is 54.3 Å². The molecule has 1 fully saturated rings. The molecule has 7 heteroatoms. The molecule has 0 spiro atoms. The number of carbonyl (C=O) groups excluding carboxylic acids is 1. The number of aromatic nitrogens is 3. The van der Waals surface area contributed by atoms with Crippen LogP contribution in [0.15, 0.2) is 59.8 Å². The van der Waals surface area contributed by atoms with Crippen LogP contribution in [-0.2, 0) is 17.9 Å². The number of nitrogens with zero attached hydrogens (tertiary/aromatic N) is 5. The molecular weight excluding hydrogens is 418 g/mol. The average Bonchev–Trinajstić information content (AvgIpc) is 3.22. The van der Waals surface area contributed by atoms with Gasteiger partial charge in [-0.3, -0.25) is 14.3 Å². The van der Waals surface area contributed by atoms with Crippen molar-refractivity contribution in [3.8, 4) is 5.69 Å². The van der Waals surface area contributed by atoms with E-state index in [1.54, 1.807) is 4.90 Å². The smallest absolute Gasteiger partial charge is 0.233 e. The van der Waals surface area contributed by atoms with Crippen molar-refractivity contribution in [2.24, 2.45) is 0 Å². The summed E-state index contributed by atoms with van der Waals surface area (Å²) >= 11 is 1.46. The van der Waals surface area contributed by atoms with E-state index in [2.05, 4.69) is 50.9 Å². The van der Waals surface area contributed by atoms with Crippen LogP contribution in [0.4, 0.5) is 0 Å². The first-order chi connectivity index (χ1) is 15.6. The number of benzene rings is 2. The highest BCUT2D eigenvalue weighted by Gasteiger charge is 2.20. The van der Waals surface area contributed by atoms with Gasteiger partial charge in [0, 0.05) is 19.3 Å². The largest absolute Gasteiger partial charge is 0.341 e. The Bertz CT molecular complexity index is 1030. The molecule has 1 saturated heterocycles. The minimum atomic E-state index is 0.0819. The van der Waals surface area contributed by atoms with Crippen molar-refractivity contribution in [3.05, 3.63) is 71.5 Å². The molecule has 0 saturated carbocycles. The van der Waals surface area contributed by atoms with Gasteiger partial charge in [-0.15, -0.1) is 10.2 Å². The quantitative estimate of drug-likeness (QED) is 0.480. The van der Waals surface area contributed by atoms with Crippen molar-refractivity contribution < 1.29 is 4.79 Å². The number of rotatable bonds is 8. The number of likely N-dealkylation sites (tertiary alicyclic amines) is 1. The summed E-state index contributed by atoms with van der Waals surface area (Å²) in [5.41, 5.74) is 3.41. The number of amides is 1. The average molecular weight is 450 g/mol. The zero-order valence-corrected chi connectivity index (χ0v) is 19.7. The van der Waals surface area contributed by atoms with Crippen LogP contribution in [-0.4, -0.2) is 56.4 Å². The first-order valence-corrected chi connectivity index (χ1v) is 12.2. The molecular formula is C25H31N5OS. The maximum absolute atomic E-state index is 12.8. The molecule has 6 nitrogen and oxygen atoms in total. The van der Waals surface area contributed by atoms with Crippen molar-refractivity contribution >= 4 is 17.7 Å². The summed E-state index contributed by atoms with van der Waals surface area (Å²) in [5.74, 6) is 1.34. The third-order valence-corrected chi connectivity index (χ3v) is 6.86. The van der Waals surface area contributed by atoms with E-state index in [9.17, 15) is 4.79 Å². The molecule has 2 aromatic carbocycles. The first-order valence-electron chi connectivity index (χ1n) is 11.2. The van der Waals surface area contributed by atoms with Gasteiger partial charge in [-0.1, -0.05) is 60.6 Å². The summed E-state index contributed by atoms with van der Waals surface area (Å²) in [4.78, 5) is 17.1. The van der Waals surface area contributed by atoms with E-state index in [0.717, 1.165) is 36.3 Å². The van der Waals surface area contributed by atoms with Crippen LogP contribution in [0, 0.1) is 6.92 Å². The van der Waals surface area contributed by atoms with E-state index < -0.39 is 0 Å². The lowest BCUT2D eigenvalue weighted by atomic mass is 10.1. The molecule has 4 rings (SSSR count). The van der Waals surface area contributed by atoms with E-state index in [-0.39, 0.29) is 5.91 Å². The van der Waals surface area contributed by atoms with Gasteiger partial charge < -0.3 is 4.90 Å². The van der Waals surface area contributed by atoms with Crippen molar-refractivity contribution in [1.82, 2.24) is 24.6 Å². The van der Waals surface area contributed by atoms with Gasteiger partial charge in [-0.05, 0) is 56.1 Å². The fraction of sp³-hybridized carbons (Fsp3) is 0.400. The highest BCUT2D eigenvalue weighted by molar-refractivity contribution is 7.99. The van der Waals surface area contributed by atoms with Crippen molar-refractivity contribution in [2.45, 2.75) is 44.4 Å². The van der Waals surface area contributed by atoms with Crippen molar-refractivity contribution in [3.63, 3.8) is 0 Å². The van der Waals surface area contributed by atoms with E-state index in [0.29, 0.717) is 12.3 Å². The molecule has 0 aliphatic carbocycles. The van der Waals surface area contributed by atoms with Gasteiger partial charge in [-0.25, -0.2) is 0 Å². The van der Waals surface area contributed by atoms with E-state index in [1.165, 1.54) is 42.2 Å². The summed E-state index contributed by atoms with van der Waals surface area (Å²) in [5, 5.41) is 9.74. The predicted molar refractivity (Wildman–Crippen MR) is 129 cm³/mol. The molecule has 2 heterocycles. The van der Waals surface area contributed by atoms with Crippen LogP contribution in [0.5, 0.6) is 0 Å². The van der Waals surface area contributed by atoms with Gasteiger partial charge in [0.05, 0.1) is 12.3 Å². The molecule has 0 radical (unpaired) electrons. The molecule has 0 unspecified atom stereocenters. The highest BCUT2D eigenvalue weighted by atomic mass is 32.2. The summed E-state index contributed by atoms with van der Waals surface area (Å²) < 4.78 is 2.11. The van der Waals surface area contributed by atoms with Crippen molar-refractivity contribution in [2.75, 3.05) is 25.9 Å². The Balaban J connectivity index is 1.46. The number of thioether (sulfide) groups is 1. The second-order valence-electron chi connectivity index (χ2n) is 8.37. The minimum absolute atomic E-state index is 0.0819. The van der Waals surface area contributed by atoms with Crippen LogP contribution < -0.4 is 0 Å². The van der Waals surface area contributed by atoms with Gasteiger partial charge in [0.1, 0.15) is 0 Å². The van der Waals surface area contributed by atoms with Crippen LogP contribution in [0.1, 0.15) is 36.2 Å². The van der Waals surface area contributed by atoms with E-state index in [1.807, 2.05) is 37.4 Å². The molecule has 1 amide bonds. The fourth-order valence-corrected chi connectivity index (χ4v) is 4.93. The zero-order chi connectivity index (χ0) is 22.3. The summed E-state index contributed by atoms with van der Waals surface area (Å²) in [7, 11) is 1.86. The monoisotopic (exact) mass is 449 g/mol. The number of carbonyl (C=O) groups is 1. The molecule has 1 aliphatic rings. The zero-order valence-electron chi connectivity index (χ0n) is 18.9. The molecule has 0 atom stereocenters. The molecule has 168 valence electrons. The van der Waals surface area contributed by atoms with Gasteiger partial charge in [0.25, 0.3) is 0 Å². The maximum Gasteiger partial charge on any atom is 0.233 e. The molecule has 0 N–H and O–H groups in total. The Labute approximate surface area is 194 Å². The van der Waals surface area contributed by atoms with E-state index in [4.69, 9.17) is 0 Å². The number of hydrogen-bond acceptors (Lipinski definition) is 5. The lowest BCUT2D eigenvalue weighted by molar-refractivity contribution is -0.127. The maximum atomic E-state index is 12.8. The molecule has 3 aromatic rings. The Morgan fingerprint density at radius 1 is 1.00 bits per heavy atom. The number of aryl methyl sites for hydroxylation is 1. The number of hydrogen-bond donors (Lipinski definition) is 0. The van der Waals surface area contributed by atoms with E-state index >= 15 is 0 Å². The summed E-state index contributed by atoms with van der Waals surface area (Å²) in [6, 6.07) is 18.4. The molecule has 0 bridgehead atoms. The minimum Gasteiger partial charge on any atom is -0.341 e. The summed E-state index contributed by atoms with van der Waals surface area (Å²) in [6.45, 7) is 5.68. The Morgan fingerprint density at radius 3 is 2.47 bits per heavy atom. The Morgan fingerprint density at radius 2 is 1.72 bits per heavy atom. The lowest BCUT2D eigenvalue weighted by Crippen LogP contribution is -2.30. The lowest BCUT2D eigenvalue weighted by Gasteiger charge is -2.26. The van der Waals surface area contributed by atoms with Crippen LogP contribution >= 0.6 is 11.8 Å². The van der Waals surface area contributed by atoms with Gasteiger partial charge >= 0.3 is 0 Å². The Kier molecular flexibility index (Phi) is 7.60. The van der Waals surface area contributed by atoms with Crippen LogP contribution in [0.2, 0.25) is 0 Å². The first kappa shape index (κ1) is 22.6. The standard InChI is InChI=1S/C25H31N5OS/c1-20-11-7-8-12-21(20)17-28(2)24(31)19-32-25-27-26-23(18-29-15-9-4-10-16-29)30(25)22-13-5-3-6-14-22/h3,5-8,11-14H,4,9-10,15-19H2,1-2H3. The Hall–Kier alpha value is -2.64. The fourth-order valence-electron chi connectivity index (χ4n) is 4.02. The van der Waals surface area contributed by atoms with Crippen LogP contribution in [0.25, 0.3) is 5.69 Å². The third kappa shape index (κ3) is 5.58. The molecule has 1 aliphatic heterocycles. The van der Waals surface area contributed by atoms with Crippen molar-refractivity contribution in [1.29, 1.82) is 0 Å². The number of piperidine rings is 1. The number of para-hydroxylation sites is 1. The molecule has 1 aromatic heterocycles.